The van der Waals surface area contributed by atoms with Crippen molar-refractivity contribution in [2.24, 2.45) is 5.41 Å². The Bertz CT molecular complexity index is 955. The van der Waals surface area contributed by atoms with Crippen LogP contribution in [0.1, 0.15) is 37.1 Å². The molecule has 3 aromatic rings. The minimum absolute atomic E-state index is 0.0899. The molecule has 0 spiro atoms. The number of nitrogens with one attached hydrogen (secondary N) is 1. The Morgan fingerprint density at radius 1 is 1.29 bits per heavy atom. The number of amides is 1. The first kappa shape index (κ1) is 18.3. The van der Waals surface area contributed by atoms with E-state index in [0.29, 0.717) is 6.54 Å². The molecule has 1 amide bonds. The Kier molecular flexibility index (Phi) is 4.66. The smallest absolute Gasteiger partial charge is 0.228 e. The lowest BCUT2D eigenvalue weighted by Gasteiger charge is -2.20. The van der Waals surface area contributed by atoms with Crippen LogP contribution >= 0.6 is 0 Å². The highest BCUT2D eigenvalue weighted by Crippen LogP contribution is 2.47. The highest BCUT2D eigenvalue weighted by atomic mass is 16.5. The van der Waals surface area contributed by atoms with Gasteiger partial charge in [-0.1, -0.05) is 0 Å². The van der Waals surface area contributed by atoms with Gasteiger partial charge in [0.15, 0.2) is 0 Å². The summed E-state index contributed by atoms with van der Waals surface area (Å²) in [5.41, 5.74) is 2.65. The number of ether oxygens (including phenoxy) is 1. The number of carbonyl (C=O) groups excluding carboxylic acids is 1. The summed E-state index contributed by atoms with van der Waals surface area (Å²) in [4.78, 5) is 12.9. The van der Waals surface area contributed by atoms with Gasteiger partial charge in [0.05, 0.1) is 37.0 Å². The number of methoxy groups -OCH3 is 1. The second-order valence-corrected chi connectivity index (χ2v) is 7.47. The number of hydrogen-bond acceptors (Lipinski definition) is 4. The third kappa shape index (κ3) is 3.40. The Labute approximate surface area is 164 Å². The maximum absolute atomic E-state index is 12.9. The molecule has 1 aliphatic rings. The van der Waals surface area contributed by atoms with Crippen LogP contribution in [0.2, 0.25) is 0 Å². The van der Waals surface area contributed by atoms with Crippen molar-refractivity contribution < 1.29 is 9.53 Å². The molecule has 0 bridgehead atoms. The molecule has 2 heterocycles. The van der Waals surface area contributed by atoms with E-state index >= 15 is 0 Å². The second-order valence-electron chi connectivity index (χ2n) is 7.47. The Morgan fingerprint density at radius 2 is 2.04 bits per heavy atom. The summed E-state index contributed by atoms with van der Waals surface area (Å²) >= 11 is 0. The summed E-state index contributed by atoms with van der Waals surface area (Å²) in [6.45, 7) is 4.65. The van der Waals surface area contributed by atoms with Crippen LogP contribution in [0.4, 0.5) is 0 Å². The van der Waals surface area contributed by atoms with Gasteiger partial charge in [-0.15, -0.1) is 0 Å². The molecule has 0 unspecified atom stereocenters. The molecule has 1 aliphatic carbocycles. The molecule has 2 aromatic heterocycles. The number of aromatic nitrogens is 4. The zero-order chi connectivity index (χ0) is 19.7. The van der Waals surface area contributed by atoms with Crippen LogP contribution in [0.3, 0.4) is 0 Å². The molecule has 1 N–H and O–H groups in total. The molecule has 0 radical (unpaired) electrons. The maximum Gasteiger partial charge on any atom is 0.228 e. The third-order valence-electron chi connectivity index (χ3n) is 5.54. The summed E-state index contributed by atoms with van der Waals surface area (Å²) in [6.07, 6.45) is 7.27. The molecule has 4 rings (SSSR count). The predicted octanol–water partition coefficient (Wildman–Crippen LogP) is 3.04. The van der Waals surface area contributed by atoms with E-state index in [4.69, 9.17) is 4.74 Å². The summed E-state index contributed by atoms with van der Waals surface area (Å²) < 4.78 is 8.93. The van der Waals surface area contributed by atoms with Crippen LogP contribution in [0.15, 0.2) is 48.9 Å². The molecule has 7 nitrogen and oxygen atoms in total. The Balaban J connectivity index is 1.47. The monoisotopic (exact) mass is 379 g/mol. The quantitative estimate of drug-likeness (QED) is 0.685. The average Bonchev–Trinajstić information content (AvgIpc) is 3.11. The van der Waals surface area contributed by atoms with Crippen molar-refractivity contribution in [3.05, 3.63) is 60.2 Å². The van der Waals surface area contributed by atoms with Crippen molar-refractivity contribution in [2.45, 2.75) is 39.3 Å². The maximum atomic E-state index is 12.9. The topological polar surface area (TPSA) is 74.0 Å². The fraction of sp³-hybridized carbons (Fsp3) is 0.381. The van der Waals surface area contributed by atoms with E-state index in [1.165, 1.54) is 0 Å². The van der Waals surface area contributed by atoms with Gasteiger partial charge in [0.1, 0.15) is 5.75 Å². The van der Waals surface area contributed by atoms with Crippen molar-refractivity contribution in [1.82, 2.24) is 24.9 Å². The highest BCUT2D eigenvalue weighted by Gasteiger charge is 2.50. The third-order valence-corrected chi connectivity index (χ3v) is 5.54. The lowest BCUT2D eigenvalue weighted by Crippen LogP contribution is -2.36. The van der Waals surface area contributed by atoms with Crippen LogP contribution < -0.4 is 10.1 Å². The molecule has 1 saturated carbocycles. The van der Waals surface area contributed by atoms with E-state index in [-0.39, 0.29) is 17.4 Å². The summed E-state index contributed by atoms with van der Waals surface area (Å²) in [6, 6.07) is 9.52. The van der Waals surface area contributed by atoms with E-state index in [2.05, 4.69) is 15.5 Å². The molecule has 1 aromatic carbocycles. The summed E-state index contributed by atoms with van der Waals surface area (Å²) in [5, 5.41) is 11.9. The zero-order valence-corrected chi connectivity index (χ0v) is 16.4. The molecule has 1 atom stereocenters. The predicted molar refractivity (Wildman–Crippen MR) is 105 cm³/mol. The van der Waals surface area contributed by atoms with Crippen molar-refractivity contribution >= 4 is 5.91 Å². The molecular formula is C21H25N5O2. The van der Waals surface area contributed by atoms with E-state index in [1.54, 1.807) is 13.3 Å². The molecular weight excluding hydrogens is 354 g/mol. The van der Waals surface area contributed by atoms with Crippen LogP contribution in [0.5, 0.6) is 5.75 Å². The van der Waals surface area contributed by atoms with Gasteiger partial charge >= 0.3 is 0 Å². The van der Waals surface area contributed by atoms with Crippen molar-refractivity contribution in [3.63, 3.8) is 0 Å². The van der Waals surface area contributed by atoms with Crippen molar-refractivity contribution in [3.8, 4) is 11.4 Å². The highest BCUT2D eigenvalue weighted by molar-refractivity contribution is 5.85. The molecule has 0 saturated heterocycles. The van der Waals surface area contributed by atoms with Gasteiger partial charge in [0, 0.05) is 23.7 Å². The molecule has 7 heteroatoms. The van der Waals surface area contributed by atoms with Crippen LogP contribution in [0, 0.1) is 12.3 Å². The van der Waals surface area contributed by atoms with Gasteiger partial charge in [0.2, 0.25) is 5.91 Å². The average molecular weight is 379 g/mol. The largest absolute Gasteiger partial charge is 0.497 e. The first-order valence-corrected chi connectivity index (χ1v) is 9.50. The second kappa shape index (κ2) is 7.14. The van der Waals surface area contributed by atoms with E-state index in [9.17, 15) is 4.79 Å². The van der Waals surface area contributed by atoms with Gasteiger partial charge in [0.25, 0.3) is 0 Å². The minimum atomic E-state index is -0.333. The van der Waals surface area contributed by atoms with Gasteiger partial charge < -0.3 is 10.1 Å². The number of nitrogens with zero attached hydrogens (tertiary/aromatic N) is 4. The van der Waals surface area contributed by atoms with Crippen LogP contribution in [0.25, 0.3) is 5.69 Å². The normalized spacial score (nSPS) is 15.8. The van der Waals surface area contributed by atoms with Gasteiger partial charge in [-0.05, 0) is 57.0 Å². The Hall–Kier alpha value is -3.09. The number of carbonyl (C=O) groups is 1. The standard InChI is InChI=1S/C21H25N5O2/c1-15(24-20(27)21(9-10-21)14-25-12-4-11-22-25)19-13-23-26(16(19)2)17-5-7-18(28-3)8-6-17/h4-8,11-13,15H,9-10,14H2,1-3H3,(H,24,27)/t15-/m0/s1. The molecule has 146 valence electrons. The Morgan fingerprint density at radius 3 is 2.64 bits per heavy atom. The van der Waals surface area contributed by atoms with Crippen LogP contribution in [-0.4, -0.2) is 32.6 Å². The molecule has 1 fully saturated rings. The fourth-order valence-corrected chi connectivity index (χ4v) is 3.57. The van der Waals surface area contributed by atoms with E-state index in [1.807, 2.05) is 65.9 Å². The minimum Gasteiger partial charge on any atom is -0.497 e. The van der Waals surface area contributed by atoms with Gasteiger partial charge in [-0.3, -0.25) is 9.48 Å². The SMILES string of the molecule is COc1ccc(-n2ncc([C@H](C)NC(=O)C3(Cn4cccn4)CC3)c2C)cc1. The molecule has 0 aliphatic heterocycles. The number of rotatable bonds is 7. The summed E-state index contributed by atoms with van der Waals surface area (Å²) in [7, 11) is 1.65. The van der Waals surface area contributed by atoms with Gasteiger partial charge in [-0.2, -0.15) is 10.2 Å². The lowest BCUT2D eigenvalue weighted by molar-refractivity contribution is -0.127. The fourth-order valence-electron chi connectivity index (χ4n) is 3.57. The zero-order valence-electron chi connectivity index (χ0n) is 16.4. The number of benzene rings is 1. The first-order chi connectivity index (χ1) is 13.5. The summed E-state index contributed by atoms with van der Waals surface area (Å²) in [5.74, 6) is 0.897. The number of hydrogen-bond donors (Lipinski definition) is 1. The first-order valence-electron chi connectivity index (χ1n) is 9.50. The van der Waals surface area contributed by atoms with Crippen LogP contribution in [-0.2, 0) is 11.3 Å². The molecule has 28 heavy (non-hydrogen) atoms. The van der Waals surface area contributed by atoms with Crippen molar-refractivity contribution in [1.29, 1.82) is 0 Å². The van der Waals surface area contributed by atoms with Gasteiger partial charge in [-0.25, -0.2) is 4.68 Å². The van der Waals surface area contributed by atoms with E-state index in [0.717, 1.165) is 35.5 Å². The van der Waals surface area contributed by atoms with E-state index < -0.39 is 0 Å². The van der Waals surface area contributed by atoms with Crippen molar-refractivity contribution in [2.75, 3.05) is 7.11 Å². The lowest BCUT2D eigenvalue weighted by atomic mass is 10.0.